The highest BCUT2D eigenvalue weighted by atomic mass is 32.2. The number of carbonyl (C=O) groups is 3. The zero-order valence-electron chi connectivity index (χ0n) is 15.0. The molecule has 3 rings (SSSR count). The maximum atomic E-state index is 12.2. The molecule has 28 heavy (non-hydrogen) atoms. The first-order chi connectivity index (χ1) is 13.3. The third-order valence-electron chi connectivity index (χ3n) is 4.19. The first kappa shape index (κ1) is 19.7. The molecule has 0 bridgehead atoms. The molecule has 1 N–H and O–H groups in total. The Hall–Kier alpha value is -3.04. The molecule has 0 saturated heterocycles. The second kappa shape index (κ2) is 7.91. The van der Waals surface area contributed by atoms with E-state index in [2.05, 4.69) is 4.72 Å². The van der Waals surface area contributed by atoms with Crippen molar-refractivity contribution >= 4 is 27.8 Å². The van der Waals surface area contributed by atoms with Crippen LogP contribution >= 0.6 is 0 Å². The highest BCUT2D eigenvalue weighted by molar-refractivity contribution is 7.89. The Morgan fingerprint density at radius 3 is 2.14 bits per heavy atom. The van der Waals surface area contributed by atoms with E-state index < -0.39 is 34.4 Å². The number of benzene rings is 2. The van der Waals surface area contributed by atoms with Crippen molar-refractivity contribution < 1.29 is 27.5 Å². The number of rotatable bonds is 7. The number of ether oxygens (including phenoxy) is 1. The lowest BCUT2D eigenvalue weighted by molar-refractivity contribution is -0.142. The number of aryl methyl sites for hydroxylation is 1. The molecule has 0 fully saturated rings. The second-order valence-electron chi connectivity index (χ2n) is 6.17. The lowest BCUT2D eigenvalue weighted by atomic mass is 10.1. The number of sulfonamides is 1. The van der Waals surface area contributed by atoms with Gasteiger partial charge in [0, 0.05) is 0 Å². The highest BCUT2D eigenvalue weighted by Gasteiger charge is 2.34. The number of esters is 1. The molecule has 1 heterocycles. The SMILES string of the molecule is Cc1ccc(S(=O)(=O)NCC(=O)OCCN2C(=O)c3ccccc3C2=O)cc1. The zero-order valence-corrected chi connectivity index (χ0v) is 15.9. The quantitative estimate of drug-likeness (QED) is 0.549. The molecular weight excluding hydrogens is 384 g/mol. The van der Waals surface area contributed by atoms with Gasteiger partial charge in [-0.3, -0.25) is 19.3 Å². The Balaban J connectivity index is 1.48. The van der Waals surface area contributed by atoms with Gasteiger partial charge in [-0.2, -0.15) is 4.72 Å². The first-order valence-corrected chi connectivity index (χ1v) is 9.95. The number of hydrogen-bond donors (Lipinski definition) is 1. The van der Waals surface area contributed by atoms with Gasteiger partial charge in [-0.25, -0.2) is 8.42 Å². The topological polar surface area (TPSA) is 110 Å². The van der Waals surface area contributed by atoms with Crippen molar-refractivity contribution in [3.05, 3.63) is 65.2 Å². The minimum Gasteiger partial charge on any atom is -0.463 e. The number of nitrogens with one attached hydrogen (secondary N) is 1. The Kier molecular flexibility index (Phi) is 5.57. The number of imide groups is 1. The summed E-state index contributed by atoms with van der Waals surface area (Å²) < 4.78 is 31.3. The standard InChI is InChI=1S/C19H18N2O6S/c1-13-6-8-14(9-7-13)28(25,26)20-12-17(22)27-11-10-21-18(23)15-4-2-3-5-16(15)19(21)24/h2-9,20H,10-12H2,1H3. The molecule has 2 aromatic rings. The van der Waals surface area contributed by atoms with Crippen LogP contribution in [0.4, 0.5) is 0 Å². The summed E-state index contributed by atoms with van der Waals surface area (Å²) in [6.45, 7) is 0.938. The fourth-order valence-corrected chi connectivity index (χ4v) is 3.67. The van der Waals surface area contributed by atoms with Crippen LogP contribution in [0.15, 0.2) is 53.4 Å². The van der Waals surface area contributed by atoms with Crippen LogP contribution in [-0.4, -0.2) is 50.8 Å². The van der Waals surface area contributed by atoms with Crippen LogP contribution in [0.3, 0.4) is 0 Å². The van der Waals surface area contributed by atoms with E-state index in [-0.39, 0.29) is 18.0 Å². The summed E-state index contributed by atoms with van der Waals surface area (Å²) in [5, 5.41) is 0. The van der Waals surface area contributed by atoms with Gasteiger partial charge in [0.05, 0.1) is 22.6 Å². The lowest BCUT2D eigenvalue weighted by Gasteiger charge is -2.14. The smallest absolute Gasteiger partial charge is 0.321 e. The van der Waals surface area contributed by atoms with Gasteiger partial charge in [0.25, 0.3) is 11.8 Å². The maximum Gasteiger partial charge on any atom is 0.321 e. The monoisotopic (exact) mass is 402 g/mol. The van der Waals surface area contributed by atoms with Crippen LogP contribution in [0.5, 0.6) is 0 Å². The van der Waals surface area contributed by atoms with Gasteiger partial charge in [0.15, 0.2) is 0 Å². The van der Waals surface area contributed by atoms with Crippen molar-refractivity contribution in [2.75, 3.05) is 19.7 Å². The molecule has 0 saturated carbocycles. The molecule has 0 atom stereocenters. The van der Waals surface area contributed by atoms with Gasteiger partial charge in [0.1, 0.15) is 13.2 Å². The van der Waals surface area contributed by atoms with Gasteiger partial charge in [-0.1, -0.05) is 29.8 Å². The largest absolute Gasteiger partial charge is 0.463 e. The van der Waals surface area contributed by atoms with Crippen LogP contribution in [0.25, 0.3) is 0 Å². The Morgan fingerprint density at radius 2 is 1.57 bits per heavy atom. The molecule has 2 aromatic carbocycles. The number of hydrogen-bond acceptors (Lipinski definition) is 6. The summed E-state index contributed by atoms with van der Waals surface area (Å²) in [7, 11) is -3.84. The van der Waals surface area contributed by atoms with Crippen molar-refractivity contribution in [3.8, 4) is 0 Å². The molecule has 1 aliphatic heterocycles. The maximum absolute atomic E-state index is 12.2. The summed E-state index contributed by atoms with van der Waals surface area (Å²) >= 11 is 0. The van der Waals surface area contributed by atoms with Crippen molar-refractivity contribution in [1.29, 1.82) is 0 Å². The fourth-order valence-electron chi connectivity index (χ4n) is 2.70. The van der Waals surface area contributed by atoms with Gasteiger partial charge in [-0.05, 0) is 31.2 Å². The van der Waals surface area contributed by atoms with Crippen LogP contribution in [0.2, 0.25) is 0 Å². The molecule has 2 amide bonds. The Bertz CT molecular complexity index is 996. The Morgan fingerprint density at radius 1 is 1.00 bits per heavy atom. The molecule has 0 unspecified atom stereocenters. The molecule has 0 radical (unpaired) electrons. The van der Waals surface area contributed by atoms with Crippen LogP contribution in [0.1, 0.15) is 26.3 Å². The lowest BCUT2D eigenvalue weighted by Crippen LogP contribution is -2.35. The highest BCUT2D eigenvalue weighted by Crippen LogP contribution is 2.21. The van der Waals surface area contributed by atoms with Gasteiger partial charge >= 0.3 is 5.97 Å². The predicted octanol–water partition coefficient (Wildman–Crippen LogP) is 1.11. The molecule has 0 aromatic heterocycles. The molecule has 0 aliphatic carbocycles. The van der Waals surface area contributed by atoms with Gasteiger partial charge < -0.3 is 4.74 Å². The molecular formula is C19H18N2O6S. The average molecular weight is 402 g/mol. The molecule has 8 nitrogen and oxygen atoms in total. The third kappa shape index (κ3) is 4.10. The summed E-state index contributed by atoms with van der Waals surface area (Å²) in [6.07, 6.45) is 0. The minimum absolute atomic E-state index is 0.0388. The average Bonchev–Trinajstić information content (AvgIpc) is 2.92. The zero-order chi connectivity index (χ0) is 20.3. The van der Waals surface area contributed by atoms with Crippen LogP contribution < -0.4 is 4.72 Å². The van der Waals surface area contributed by atoms with Gasteiger partial charge in [0.2, 0.25) is 10.0 Å². The number of nitrogens with zero attached hydrogens (tertiary/aromatic N) is 1. The summed E-state index contributed by atoms with van der Waals surface area (Å²) in [4.78, 5) is 37.2. The fraction of sp³-hybridized carbons (Fsp3) is 0.211. The van der Waals surface area contributed by atoms with Crippen molar-refractivity contribution in [2.45, 2.75) is 11.8 Å². The Labute approximate surface area is 162 Å². The normalized spacial score (nSPS) is 13.5. The van der Waals surface area contributed by atoms with Crippen LogP contribution in [0, 0.1) is 6.92 Å². The molecule has 1 aliphatic rings. The van der Waals surface area contributed by atoms with Crippen molar-refractivity contribution in [1.82, 2.24) is 9.62 Å². The summed E-state index contributed by atoms with van der Waals surface area (Å²) in [6, 6.07) is 12.6. The summed E-state index contributed by atoms with van der Waals surface area (Å²) in [5.41, 5.74) is 1.53. The van der Waals surface area contributed by atoms with E-state index in [4.69, 9.17) is 4.74 Å². The van der Waals surface area contributed by atoms with E-state index in [1.165, 1.54) is 12.1 Å². The van der Waals surface area contributed by atoms with Crippen molar-refractivity contribution in [2.24, 2.45) is 0 Å². The van der Waals surface area contributed by atoms with E-state index in [0.29, 0.717) is 11.1 Å². The minimum atomic E-state index is -3.84. The number of fused-ring (bicyclic) bond motifs is 1. The number of amides is 2. The van der Waals surface area contributed by atoms with Crippen molar-refractivity contribution in [3.63, 3.8) is 0 Å². The number of carbonyl (C=O) groups excluding carboxylic acids is 3. The second-order valence-corrected chi connectivity index (χ2v) is 7.93. The third-order valence-corrected chi connectivity index (χ3v) is 5.61. The van der Waals surface area contributed by atoms with E-state index in [0.717, 1.165) is 10.5 Å². The molecule has 9 heteroatoms. The van der Waals surface area contributed by atoms with E-state index >= 15 is 0 Å². The van der Waals surface area contributed by atoms with E-state index in [1.807, 2.05) is 6.92 Å². The summed E-state index contributed by atoms with van der Waals surface area (Å²) in [5.74, 6) is -1.71. The van der Waals surface area contributed by atoms with Crippen LogP contribution in [-0.2, 0) is 19.6 Å². The van der Waals surface area contributed by atoms with E-state index in [1.54, 1.807) is 36.4 Å². The first-order valence-electron chi connectivity index (χ1n) is 8.47. The molecule has 0 spiro atoms. The van der Waals surface area contributed by atoms with E-state index in [9.17, 15) is 22.8 Å². The molecule has 146 valence electrons. The predicted molar refractivity (Wildman–Crippen MR) is 99.1 cm³/mol. The van der Waals surface area contributed by atoms with Gasteiger partial charge in [-0.15, -0.1) is 0 Å².